The summed E-state index contributed by atoms with van der Waals surface area (Å²) in [7, 11) is 0. The van der Waals surface area contributed by atoms with Crippen molar-refractivity contribution in [1.82, 2.24) is 50.5 Å². The summed E-state index contributed by atoms with van der Waals surface area (Å²) in [5.74, 6) is 4.47. The van der Waals surface area contributed by atoms with E-state index in [1.165, 1.54) is 39.7 Å². The highest BCUT2D eigenvalue weighted by atomic mass is 32.1. The second-order valence-electron chi connectivity index (χ2n) is 22.8. The largest absolute Gasteiger partial charge is 0.491 e. The summed E-state index contributed by atoms with van der Waals surface area (Å²) in [6, 6.07) is 18.4. The number of para-hydroxylation sites is 1. The summed E-state index contributed by atoms with van der Waals surface area (Å²) >= 11 is 4.40. The van der Waals surface area contributed by atoms with Crippen LogP contribution >= 0.6 is 34.0 Å². The maximum absolute atomic E-state index is 15.3. The van der Waals surface area contributed by atoms with Crippen molar-refractivity contribution in [3.63, 3.8) is 0 Å². The van der Waals surface area contributed by atoms with Gasteiger partial charge in [0.25, 0.3) is 0 Å². The highest BCUT2D eigenvalue weighted by Crippen LogP contribution is 2.40. The Morgan fingerprint density at radius 1 is 0.930 bits per heavy atom. The fourth-order valence-electron chi connectivity index (χ4n) is 10.8. The van der Waals surface area contributed by atoms with Gasteiger partial charge >= 0.3 is 5.97 Å². The molecule has 86 heavy (non-hydrogen) atoms. The Labute approximate surface area is 510 Å². The third-order valence-corrected chi connectivity index (χ3v) is 18.6. The van der Waals surface area contributed by atoms with Crippen LogP contribution in [0.5, 0.6) is 5.75 Å². The number of hydrogen-bond acceptors (Lipinski definition) is 18. The minimum absolute atomic E-state index is 0.0210. The highest BCUT2D eigenvalue weighted by Gasteiger charge is 2.44. The zero-order chi connectivity index (χ0) is 60.6. The number of benzene rings is 3. The average Bonchev–Trinajstić information content (AvgIpc) is 1.66. The first-order valence-corrected chi connectivity index (χ1v) is 31.3. The molecule has 0 aliphatic carbocycles. The lowest BCUT2D eigenvalue weighted by Gasteiger charge is -2.35. The summed E-state index contributed by atoms with van der Waals surface area (Å²) < 4.78 is 22.2. The maximum atomic E-state index is 15.3. The molecule has 0 radical (unpaired) electrons. The van der Waals surface area contributed by atoms with Gasteiger partial charge in [0.15, 0.2) is 39.2 Å². The third-order valence-electron chi connectivity index (χ3n) is 15.5. The van der Waals surface area contributed by atoms with E-state index in [4.69, 9.17) is 4.74 Å². The fourth-order valence-corrected chi connectivity index (χ4v) is 13.6. The number of hydrogen-bond donors (Lipinski definition) is 5. The van der Waals surface area contributed by atoms with Crippen molar-refractivity contribution < 1.29 is 43.3 Å². The van der Waals surface area contributed by atoms with Gasteiger partial charge < -0.3 is 45.6 Å². The number of carboxylic acids is 1. The molecule has 3 atom stereocenters. The second kappa shape index (κ2) is 27.2. The lowest BCUT2D eigenvalue weighted by atomic mass is 9.85. The molecule has 24 heteroatoms. The molecule has 3 aromatic carbocycles. The molecule has 2 saturated heterocycles. The summed E-state index contributed by atoms with van der Waals surface area (Å²) in [6.07, 6.45) is 2.01. The topological polar surface area (TPSA) is 249 Å². The van der Waals surface area contributed by atoms with Crippen LogP contribution < -0.4 is 25.6 Å². The molecule has 5 N–H and O–H groups in total. The summed E-state index contributed by atoms with van der Waals surface area (Å²) in [5.41, 5.74) is 7.25. The van der Waals surface area contributed by atoms with Crippen LogP contribution in [0.2, 0.25) is 0 Å². The Bertz CT molecular complexity index is 3660. The van der Waals surface area contributed by atoms with E-state index in [2.05, 4.69) is 57.8 Å². The molecule has 7 heterocycles. The average molecular weight is 1230 g/mol. The predicted molar refractivity (Wildman–Crippen MR) is 330 cm³/mol. The van der Waals surface area contributed by atoms with Crippen molar-refractivity contribution in [2.24, 2.45) is 5.41 Å². The maximum Gasteiger partial charge on any atom is 0.355 e. The number of halogens is 1. The van der Waals surface area contributed by atoms with Crippen LogP contribution in [0.25, 0.3) is 20.7 Å². The molecule has 450 valence electrons. The summed E-state index contributed by atoms with van der Waals surface area (Å²) in [4.78, 5) is 89.0. The van der Waals surface area contributed by atoms with Gasteiger partial charge in [0.1, 0.15) is 12.1 Å². The number of piperazine rings is 1. The number of nitrogens with zero attached hydrogens (tertiary/aromatic N) is 9. The lowest BCUT2D eigenvalue weighted by Crippen LogP contribution is -2.57. The van der Waals surface area contributed by atoms with Crippen molar-refractivity contribution in [3.05, 3.63) is 117 Å². The Balaban J connectivity index is 0.633. The molecule has 4 amide bonds. The first-order chi connectivity index (χ1) is 41.4. The quantitative estimate of drug-likeness (QED) is 0.0355. The molecule has 0 unspecified atom stereocenters. The molecular weight excluding hydrogens is 1160 g/mol. The van der Waals surface area contributed by atoms with Gasteiger partial charge in [0.05, 0.1) is 45.6 Å². The molecule has 10 rings (SSSR count). The monoisotopic (exact) mass is 1220 g/mol. The summed E-state index contributed by atoms with van der Waals surface area (Å²) in [6.45, 7) is 13.0. The van der Waals surface area contributed by atoms with E-state index in [9.17, 15) is 34.2 Å². The Hall–Kier alpha value is -7.95. The van der Waals surface area contributed by atoms with Crippen LogP contribution in [0.15, 0.2) is 72.2 Å². The molecule has 0 bridgehead atoms. The number of carbonyl (C=O) groups excluding carboxylic acids is 4. The van der Waals surface area contributed by atoms with Gasteiger partial charge in [0, 0.05) is 86.6 Å². The molecule has 20 nitrogen and oxygen atoms in total. The van der Waals surface area contributed by atoms with Gasteiger partial charge in [-0.25, -0.2) is 24.1 Å². The number of amides is 4. The Kier molecular flexibility index (Phi) is 19.3. The number of nitrogens with one attached hydrogen (secondary N) is 3. The van der Waals surface area contributed by atoms with Gasteiger partial charge in [-0.15, -0.1) is 32.9 Å². The number of ether oxygens (including phenoxy) is 1. The van der Waals surface area contributed by atoms with E-state index < -0.39 is 41.3 Å². The van der Waals surface area contributed by atoms with Crippen molar-refractivity contribution >= 4 is 95.7 Å². The van der Waals surface area contributed by atoms with Crippen LogP contribution in [0, 0.1) is 36.9 Å². The number of rotatable bonds is 20. The third kappa shape index (κ3) is 14.6. The normalized spacial score (nSPS) is 16.5. The van der Waals surface area contributed by atoms with E-state index in [1.807, 2.05) is 88.0 Å². The molecule has 3 aliphatic rings. The highest BCUT2D eigenvalue weighted by molar-refractivity contribution is 7.22. The molecule has 0 saturated carbocycles. The number of fused-ring (bicyclic) bond motifs is 2. The van der Waals surface area contributed by atoms with E-state index >= 15 is 4.39 Å². The minimum atomic E-state index is -1.13. The zero-order valence-electron chi connectivity index (χ0n) is 48.7. The van der Waals surface area contributed by atoms with E-state index in [0.717, 1.165) is 61.0 Å². The van der Waals surface area contributed by atoms with Gasteiger partial charge in [-0.3, -0.25) is 24.1 Å². The SMILES string of the molecule is Cc1ncsc1-c1ccc(CNC(=O)[C@@H]2C[C@@H](O)CN2C(=O)[C@@H](NC(=O)CCCC(=O)N2CCN(CC#Cc3ccc(OCCCc4sc(N5CCCc6c5nnc(Nc5nc7ccccc7s5)c6C)nc4C(=O)O)c(F)c3)CC2)C(C)(C)C)cc1. The zero-order valence-corrected chi connectivity index (χ0v) is 51.1. The van der Waals surface area contributed by atoms with Crippen LogP contribution in [-0.2, 0) is 38.6 Å². The number of carboxylic acid groups (broad SMARTS) is 1. The number of likely N-dealkylation sites (tertiary alicyclic amines) is 1. The van der Waals surface area contributed by atoms with Gasteiger partial charge in [0.2, 0.25) is 23.6 Å². The minimum Gasteiger partial charge on any atom is -0.491 e. The Morgan fingerprint density at radius 3 is 2.45 bits per heavy atom. The fraction of sp³-hybridized carbons (Fsp3) is 0.419. The van der Waals surface area contributed by atoms with E-state index in [1.54, 1.807) is 27.8 Å². The van der Waals surface area contributed by atoms with Gasteiger partial charge in [-0.2, -0.15) is 0 Å². The lowest BCUT2D eigenvalue weighted by molar-refractivity contribution is -0.144. The van der Waals surface area contributed by atoms with Crippen LogP contribution in [0.1, 0.15) is 103 Å². The summed E-state index contributed by atoms with van der Waals surface area (Å²) in [5, 5.41) is 40.3. The van der Waals surface area contributed by atoms with Crippen molar-refractivity contribution in [3.8, 4) is 28.0 Å². The van der Waals surface area contributed by atoms with Gasteiger partial charge in [-0.1, -0.05) is 80.3 Å². The number of aliphatic hydroxyl groups excluding tert-OH is 1. The van der Waals surface area contributed by atoms with Crippen LogP contribution in [0.4, 0.5) is 26.3 Å². The van der Waals surface area contributed by atoms with E-state index in [0.29, 0.717) is 79.3 Å². The number of aryl methyl sites for hydroxylation is 2. The number of aromatic carboxylic acids is 1. The van der Waals surface area contributed by atoms with Gasteiger partial charge in [-0.05, 0) is 92.8 Å². The molecule has 4 aromatic heterocycles. The number of anilines is 4. The van der Waals surface area contributed by atoms with Crippen molar-refractivity contribution in [2.45, 2.75) is 111 Å². The molecule has 0 spiro atoms. The number of carbonyl (C=O) groups is 5. The standard InChI is InChI=1S/C62H69FN12O8S3/c1-37-43-13-10-26-74(56(43)71-70-55(37)69-60-66-45-14-6-7-15-48(45)85-60)61-68-52(59(81)82)49(86-61)16-11-31-83-47-24-21-39(32-44(47)63)12-9-25-72-27-29-73(30-28-72)51(78)18-8-17-50(77)67-54(62(3,4)5)58(80)75-35-42(76)33-46(75)57(79)64-34-40-19-22-41(23-20-40)53-38(2)65-36-84-53/h6-7,14-15,19-24,32,36,42,46,54,76H,8,10-11,13,16-18,25-31,33-35H2,1-5H3,(H,64,79)(H,67,77)(H,81,82)(H,66,69,70)/t42-,46+,54-/m1/s1. The first-order valence-electron chi connectivity index (χ1n) is 28.8. The predicted octanol–water partition coefficient (Wildman–Crippen LogP) is 8.44. The van der Waals surface area contributed by atoms with Crippen LogP contribution in [-0.4, -0.2) is 150 Å². The Morgan fingerprint density at radius 2 is 1.72 bits per heavy atom. The number of thiazole rings is 3. The molecule has 7 aromatic rings. The smallest absolute Gasteiger partial charge is 0.355 e. The molecule has 2 fully saturated rings. The first kappa shape index (κ1) is 61.1. The molecular formula is C62H69FN12O8S3. The number of aliphatic hydroxyl groups is 1. The van der Waals surface area contributed by atoms with Crippen molar-refractivity contribution in [2.75, 3.05) is 62.6 Å². The number of β-amino-alcohol motifs (C(OH)–C–C–N with tert-alkyl or cyclic N) is 1. The van der Waals surface area contributed by atoms with Crippen molar-refractivity contribution in [1.29, 1.82) is 0 Å². The second-order valence-corrected chi connectivity index (χ2v) is 25.7. The molecule has 3 aliphatic heterocycles. The van der Waals surface area contributed by atoms with Crippen LogP contribution in [0.3, 0.4) is 0 Å². The van der Waals surface area contributed by atoms with E-state index in [-0.39, 0.29) is 74.5 Å². The number of aromatic nitrogens is 5.